The number of guanidine groups is 1. The Labute approximate surface area is 134 Å². The van der Waals surface area contributed by atoms with Gasteiger partial charge in [-0.05, 0) is 37.3 Å². The monoisotopic (exact) mass is 300 g/mol. The number of nitrogens with zero attached hydrogens (tertiary/aromatic N) is 2. The van der Waals surface area contributed by atoms with Crippen molar-refractivity contribution < 1.29 is 0 Å². The molecule has 2 N–H and O–H groups in total. The third-order valence-corrected chi connectivity index (χ3v) is 4.88. The number of hydrogen-bond donors (Lipinski definition) is 2. The second-order valence-electron chi connectivity index (χ2n) is 6.52. The van der Waals surface area contributed by atoms with E-state index in [-0.39, 0.29) is 0 Å². The molecule has 1 aliphatic carbocycles. The first-order valence-electron chi connectivity index (χ1n) is 8.62. The average Bonchev–Trinajstić information content (AvgIpc) is 3.24. The summed E-state index contributed by atoms with van der Waals surface area (Å²) in [5.41, 5.74) is 1.35. The SMILES string of the molecule is CN=C(NCC1CCN(c2ccccc2)C1)NC1CCCC1. The van der Waals surface area contributed by atoms with Crippen molar-refractivity contribution in [1.29, 1.82) is 0 Å². The zero-order valence-electron chi connectivity index (χ0n) is 13.6. The second kappa shape index (κ2) is 7.52. The van der Waals surface area contributed by atoms with Crippen molar-refractivity contribution in [2.45, 2.75) is 38.1 Å². The molecule has 1 saturated heterocycles. The highest BCUT2D eigenvalue weighted by Gasteiger charge is 2.23. The van der Waals surface area contributed by atoms with E-state index in [2.05, 4.69) is 50.9 Å². The highest BCUT2D eigenvalue weighted by atomic mass is 15.2. The normalized spacial score (nSPS) is 23.0. The molecule has 4 nitrogen and oxygen atoms in total. The molecule has 1 aliphatic heterocycles. The molecular weight excluding hydrogens is 272 g/mol. The van der Waals surface area contributed by atoms with Crippen molar-refractivity contribution >= 4 is 11.6 Å². The lowest BCUT2D eigenvalue weighted by Gasteiger charge is -2.20. The summed E-state index contributed by atoms with van der Waals surface area (Å²) in [7, 11) is 1.87. The summed E-state index contributed by atoms with van der Waals surface area (Å²) in [6, 6.07) is 11.3. The van der Waals surface area contributed by atoms with Crippen LogP contribution in [0.4, 0.5) is 5.69 Å². The number of hydrogen-bond acceptors (Lipinski definition) is 2. The Kier molecular flexibility index (Phi) is 5.20. The molecule has 2 aliphatic rings. The average molecular weight is 300 g/mol. The first-order chi connectivity index (χ1) is 10.8. The smallest absolute Gasteiger partial charge is 0.191 e. The van der Waals surface area contributed by atoms with E-state index in [1.165, 1.54) is 37.8 Å². The van der Waals surface area contributed by atoms with Crippen LogP contribution in [-0.4, -0.2) is 38.7 Å². The van der Waals surface area contributed by atoms with E-state index in [0.29, 0.717) is 12.0 Å². The number of rotatable bonds is 4. The van der Waals surface area contributed by atoms with Gasteiger partial charge < -0.3 is 15.5 Å². The van der Waals surface area contributed by atoms with Gasteiger partial charge in [0, 0.05) is 38.4 Å². The van der Waals surface area contributed by atoms with Crippen LogP contribution in [0, 0.1) is 5.92 Å². The van der Waals surface area contributed by atoms with Gasteiger partial charge in [-0.1, -0.05) is 31.0 Å². The van der Waals surface area contributed by atoms with Crippen LogP contribution >= 0.6 is 0 Å². The van der Waals surface area contributed by atoms with Crippen LogP contribution in [0.3, 0.4) is 0 Å². The number of nitrogens with one attached hydrogen (secondary N) is 2. The zero-order valence-corrected chi connectivity index (χ0v) is 13.6. The van der Waals surface area contributed by atoms with Crippen LogP contribution in [0.5, 0.6) is 0 Å². The summed E-state index contributed by atoms with van der Waals surface area (Å²) < 4.78 is 0. The molecule has 0 bridgehead atoms. The van der Waals surface area contributed by atoms with Crippen molar-refractivity contribution in [2.24, 2.45) is 10.9 Å². The minimum atomic E-state index is 0.621. The van der Waals surface area contributed by atoms with E-state index in [1.807, 2.05) is 7.05 Å². The lowest BCUT2D eigenvalue weighted by Crippen LogP contribution is -2.44. The molecule has 120 valence electrons. The largest absolute Gasteiger partial charge is 0.371 e. The molecule has 0 amide bonds. The molecule has 0 aromatic heterocycles. The van der Waals surface area contributed by atoms with Gasteiger partial charge >= 0.3 is 0 Å². The molecule has 0 spiro atoms. The molecular formula is C18H28N4. The van der Waals surface area contributed by atoms with Crippen molar-refractivity contribution in [3.8, 4) is 0 Å². The number of aliphatic imine (C=N–C) groups is 1. The Balaban J connectivity index is 1.44. The van der Waals surface area contributed by atoms with E-state index in [4.69, 9.17) is 0 Å². The molecule has 3 rings (SSSR count). The Morgan fingerprint density at radius 2 is 1.95 bits per heavy atom. The summed E-state index contributed by atoms with van der Waals surface area (Å²) in [4.78, 5) is 6.86. The predicted octanol–water partition coefficient (Wildman–Crippen LogP) is 2.62. The van der Waals surface area contributed by atoms with Crippen LogP contribution in [-0.2, 0) is 0 Å². The Morgan fingerprint density at radius 3 is 2.68 bits per heavy atom. The quantitative estimate of drug-likeness (QED) is 0.663. The van der Waals surface area contributed by atoms with Gasteiger partial charge in [-0.2, -0.15) is 0 Å². The first kappa shape index (κ1) is 15.2. The Bertz CT molecular complexity index is 479. The van der Waals surface area contributed by atoms with Crippen molar-refractivity contribution in [3.63, 3.8) is 0 Å². The third-order valence-electron chi connectivity index (χ3n) is 4.88. The van der Waals surface area contributed by atoms with Crippen LogP contribution in [0.15, 0.2) is 35.3 Å². The maximum atomic E-state index is 4.37. The second-order valence-corrected chi connectivity index (χ2v) is 6.52. The molecule has 0 radical (unpaired) electrons. The molecule has 22 heavy (non-hydrogen) atoms. The van der Waals surface area contributed by atoms with Gasteiger partial charge in [0.05, 0.1) is 0 Å². The molecule has 1 heterocycles. The van der Waals surface area contributed by atoms with Crippen molar-refractivity contribution in [3.05, 3.63) is 30.3 Å². The van der Waals surface area contributed by atoms with Gasteiger partial charge in [0.1, 0.15) is 0 Å². The lowest BCUT2D eigenvalue weighted by molar-refractivity contribution is 0.552. The van der Waals surface area contributed by atoms with Gasteiger partial charge in [-0.15, -0.1) is 0 Å². The molecule has 1 saturated carbocycles. The standard InChI is InChI=1S/C18H28N4/c1-19-18(21-16-7-5-6-8-16)20-13-15-11-12-22(14-15)17-9-3-2-4-10-17/h2-4,9-10,15-16H,5-8,11-14H2,1H3,(H2,19,20,21). The van der Waals surface area contributed by atoms with E-state index in [9.17, 15) is 0 Å². The number of benzene rings is 1. The molecule has 1 unspecified atom stereocenters. The fraction of sp³-hybridized carbons (Fsp3) is 0.611. The molecule has 1 aromatic rings. The third kappa shape index (κ3) is 3.93. The van der Waals surface area contributed by atoms with Gasteiger partial charge in [-0.3, -0.25) is 4.99 Å². The molecule has 4 heteroatoms. The minimum Gasteiger partial charge on any atom is -0.371 e. The Morgan fingerprint density at radius 1 is 1.18 bits per heavy atom. The molecule has 1 atom stereocenters. The summed E-state index contributed by atoms with van der Waals surface area (Å²) >= 11 is 0. The Hall–Kier alpha value is -1.71. The summed E-state index contributed by atoms with van der Waals surface area (Å²) in [5.74, 6) is 1.67. The highest BCUT2D eigenvalue weighted by molar-refractivity contribution is 5.80. The first-order valence-corrected chi connectivity index (χ1v) is 8.62. The maximum absolute atomic E-state index is 4.37. The van der Waals surface area contributed by atoms with Crippen LogP contribution < -0.4 is 15.5 Å². The van der Waals surface area contributed by atoms with Gasteiger partial charge in [-0.25, -0.2) is 0 Å². The van der Waals surface area contributed by atoms with Crippen LogP contribution in [0.1, 0.15) is 32.1 Å². The van der Waals surface area contributed by atoms with Crippen molar-refractivity contribution in [1.82, 2.24) is 10.6 Å². The molecule has 2 fully saturated rings. The van der Waals surface area contributed by atoms with E-state index in [0.717, 1.165) is 25.6 Å². The van der Waals surface area contributed by atoms with Crippen LogP contribution in [0.25, 0.3) is 0 Å². The summed E-state index contributed by atoms with van der Waals surface area (Å²) in [6.45, 7) is 3.30. The predicted molar refractivity (Wildman–Crippen MR) is 93.5 cm³/mol. The number of para-hydroxylation sites is 1. The van der Waals surface area contributed by atoms with Gasteiger partial charge in [0.15, 0.2) is 5.96 Å². The van der Waals surface area contributed by atoms with Crippen LogP contribution in [0.2, 0.25) is 0 Å². The van der Waals surface area contributed by atoms with E-state index in [1.54, 1.807) is 0 Å². The fourth-order valence-corrected chi connectivity index (χ4v) is 3.57. The summed E-state index contributed by atoms with van der Waals surface area (Å²) in [5, 5.41) is 7.08. The number of anilines is 1. The topological polar surface area (TPSA) is 39.7 Å². The minimum absolute atomic E-state index is 0.621. The van der Waals surface area contributed by atoms with Crippen molar-refractivity contribution in [2.75, 3.05) is 31.6 Å². The highest BCUT2D eigenvalue weighted by Crippen LogP contribution is 2.23. The molecule has 1 aromatic carbocycles. The maximum Gasteiger partial charge on any atom is 0.191 e. The van der Waals surface area contributed by atoms with Gasteiger partial charge in [0.2, 0.25) is 0 Å². The van der Waals surface area contributed by atoms with E-state index >= 15 is 0 Å². The fourth-order valence-electron chi connectivity index (χ4n) is 3.57. The lowest BCUT2D eigenvalue weighted by atomic mass is 10.1. The zero-order chi connectivity index (χ0) is 15.2. The van der Waals surface area contributed by atoms with Gasteiger partial charge in [0.25, 0.3) is 0 Å². The summed E-state index contributed by atoms with van der Waals surface area (Å²) in [6.07, 6.45) is 6.52. The van der Waals surface area contributed by atoms with E-state index < -0.39 is 0 Å².